The molecular formula is C14H15ClN2O2S. The second kappa shape index (κ2) is 6.63. The number of carbonyl (C=O) groups excluding carboxylic acids is 1. The predicted octanol–water partition coefficient (Wildman–Crippen LogP) is 3.77. The lowest BCUT2D eigenvalue weighted by atomic mass is 10.1. The molecule has 0 saturated carbocycles. The SMILES string of the molecule is CCOC(=O)c1ccc(NCc2ccc(Cl)s2)c(N)c1. The molecule has 0 unspecified atom stereocenters. The van der Waals surface area contributed by atoms with Crippen LogP contribution < -0.4 is 11.1 Å². The van der Waals surface area contributed by atoms with E-state index in [0.717, 1.165) is 14.9 Å². The van der Waals surface area contributed by atoms with Gasteiger partial charge in [0, 0.05) is 11.4 Å². The van der Waals surface area contributed by atoms with Gasteiger partial charge >= 0.3 is 5.97 Å². The van der Waals surface area contributed by atoms with Crippen LogP contribution in [0.4, 0.5) is 11.4 Å². The summed E-state index contributed by atoms with van der Waals surface area (Å²) in [6.45, 7) is 2.75. The number of hydrogen-bond donors (Lipinski definition) is 2. The van der Waals surface area contributed by atoms with Gasteiger partial charge in [-0.2, -0.15) is 0 Å². The monoisotopic (exact) mass is 310 g/mol. The molecular weight excluding hydrogens is 296 g/mol. The fraction of sp³-hybridized carbons (Fsp3) is 0.214. The van der Waals surface area contributed by atoms with Gasteiger partial charge in [-0.05, 0) is 37.3 Å². The number of benzene rings is 1. The molecule has 0 aliphatic heterocycles. The van der Waals surface area contributed by atoms with Crippen molar-refractivity contribution >= 4 is 40.3 Å². The number of anilines is 2. The van der Waals surface area contributed by atoms with Crippen LogP contribution in [0.1, 0.15) is 22.2 Å². The summed E-state index contributed by atoms with van der Waals surface area (Å²) in [4.78, 5) is 12.7. The largest absolute Gasteiger partial charge is 0.462 e. The average molecular weight is 311 g/mol. The molecule has 0 fully saturated rings. The van der Waals surface area contributed by atoms with Crippen LogP contribution in [-0.4, -0.2) is 12.6 Å². The number of nitrogen functional groups attached to an aromatic ring is 1. The molecule has 0 bridgehead atoms. The quantitative estimate of drug-likeness (QED) is 0.651. The number of ether oxygens (including phenoxy) is 1. The molecule has 0 atom stereocenters. The topological polar surface area (TPSA) is 64.3 Å². The van der Waals surface area contributed by atoms with Crippen molar-refractivity contribution in [2.24, 2.45) is 0 Å². The fourth-order valence-electron chi connectivity index (χ4n) is 1.69. The highest BCUT2D eigenvalue weighted by Gasteiger charge is 2.09. The minimum absolute atomic E-state index is 0.345. The number of thiophene rings is 1. The van der Waals surface area contributed by atoms with Gasteiger partial charge in [0.05, 0.1) is 27.9 Å². The molecule has 2 aromatic rings. The molecule has 0 radical (unpaired) electrons. The van der Waals surface area contributed by atoms with Crippen molar-refractivity contribution in [1.82, 2.24) is 0 Å². The molecule has 0 aliphatic rings. The van der Waals surface area contributed by atoms with Gasteiger partial charge in [0.1, 0.15) is 0 Å². The Labute approximate surface area is 126 Å². The van der Waals surface area contributed by atoms with Crippen LogP contribution in [0.3, 0.4) is 0 Å². The van der Waals surface area contributed by atoms with E-state index < -0.39 is 0 Å². The van der Waals surface area contributed by atoms with Gasteiger partial charge in [0.25, 0.3) is 0 Å². The molecule has 106 valence electrons. The molecule has 20 heavy (non-hydrogen) atoms. The van der Waals surface area contributed by atoms with E-state index in [4.69, 9.17) is 22.1 Å². The van der Waals surface area contributed by atoms with E-state index in [-0.39, 0.29) is 5.97 Å². The maximum atomic E-state index is 11.6. The van der Waals surface area contributed by atoms with Crippen molar-refractivity contribution in [1.29, 1.82) is 0 Å². The molecule has 1 aromatic carbocycles. The molecule has 0 amide bonds. The van der Waals surface area contributed by atoms with E-state index in [1.807, 2.05) is 12.1 Å². The third kappa shape index (κ3) is 3.65. The molecule has 6 heteroatoms. The van der Waals surface area contributed by atoms with E-state index in [1.165, 1.54) is 11.3 Å². The standard InChI is InChI=1S/C14H15ClN2O2S/c1-2-19-14(18)9-3-5-12(11(16)7-9)17-8-10-4-6-13(15)20-10/h3-7,17H,2,8,16H2,1H3. The van der Waals surface area contributed by atoms with E-state index in [1.54, 1.807) is 25.1 Å². The van der Waals surface area contributed by atoms with Crippen LogP contribution in [0.15, 0.2) is 30.3 Å². The van der Waals surface area contributed by atoms with Crippen LogP contribution >= 0.6 is 22.9 Å². The van der Waals surface area contributed by atoms with Crippen molar-refractivity contribution in [2.75, 3.05) is 17.7 Å². The van der Waals surface area contributed by atoms with Gasteiger partial charge < -0.3 is 15.8 Å². The third-order valence-corrected chi connectivity index (χ3v) is 3.88. The second-order valence-electron chi connectivity index (χ2n) is 4.08. The number of carbonyl (C=O) groups is 1. The first-order chi connectivity index (χ1) is 9.60. The van der Waals surface area contributed by atoms with Crippen LogP contribution in [0.2, 0.25) is 4.34 Å². The Morgan fingerprint density at radius 3 is 2.80 bits per heavy atom. The Kier molecular flexibility index (Phi) is 4.87. The Bertz CT molecular complexity index is 613. The second-order valence-corrected chi connectivity index (χ2v) is 5.88. The Morgan fingerprint density at radius 1 is 1.40 bits per heavy atom. The summed E-state index contributed by atoms with van der Waals surface area (Å²) in [5.41, 5.74) is 7.68. The van der Waals surface area contributed by atoms with Crippen molar-refractivity contribution in [3.8, 4) is 0 Å². The van der Waals surface area contributed by atoms with Gasteiger partial charge in [-0.1, -0.05) is 11.6 Å². The highest BCUT2D eigenvalue weighted by atomic mass is 35.5. The number of rotatable bonds is 5. The maximum Gasteiger partial charge on any atom is 0.338 e. The molecule has 1 aromatic heterocycles. The summed E-state index contributed by atoms with van der Waals surface area (Å²) in [5, 5.41) is 3.22. The maximum absolute atomic E-state index is 11.6. The fourth-order valence-corrected chi connectivity index (χ4v) is 2.72. The van der Waals surface area contributed by atoms with Crippen LogP contribution in [0.5, 0.6) is 0 Å². The summed E-state index contributed by atoms with van der Waals surface area (Å²) in [5.74, 6) is -0.365. The molecule has 0 spiro atoms. The minimum atomic E-state index is -0.365. The van der Waals surface area contributed by atoms with E-state index in [2.05, 4.69) is 5.32 Å². The number of hydrogen-bond acceptors (Lipinski definition) is 5. The highest BCUT2D eigenvalue weighted by Crippen LogP contribution is 2.25. The van der Waals surface area contributed by atoms with Gasteiger partial charge in [-0.15, -0.1) is 11.3 Å². The number of halogens is 1. The summed E-state index contributed by atoms with van der Waals surface area (Å²) in [6.07, 6.45) is 0. The van der Waals surface area contributed by atoms with Gasteiger partial charge in [0.2, 0.25) is 0 Å². The van der Waals surface area contributed by atoms with E-state index >= 15 is 0 Å². The summed E-state index contributed by atoms with van der Waals surface area (Å²) < 4.78 is 5.68. The molecule has 3 N–H and O–H groups in total. The number of nitrogens with two attached hydrogens (primary N) is 1. The lowest BCUT2D eigenvalue weighted by molar-refractivity contribution is 0.0526. The summed E-state index contributed by atoms with van der Waals surface area (Å²) >= 11 is 7.39. The molecule has 0 aliphatic carbocycles. The van der Waals surface area contributed by atoms with Gasteiger partial charge in [-0.25, -0.2) is 4.79 Å². The van der Waals surface area contributed by atoms with E-state index in [0.29, 0.717) is 24.4 Å². The van der Waals surface area contributed by atoms with Crippen LogP contribution in [-0.2, 0) is 11.3 Å². The van der Waals surface area contributed by atoms with Crippen molar-refractivity contribution < 1.29 is 9.53 Å². The van der Waals surface area contributed by atoms with Crippen molar-refractivity contribution in [3.63, 3.8) is 0 Å². The van der Waals surface area contributed by atoms with Crippen molar-refractivity contribution in [3.05, 3.63) is 45.1 Å². The first kappa shape index (κ1) is 14.7. The summed E-state index contributed by atoms with van der Waals surface area (Å²) in [6, 6.07) is 8.90. The number of esters is 1. The predicted molar refractivity (Wildman–Crippen MR) is 83.5 cm³/mol. The van der Waals surface area contributed by atoms with Gasteiger partial charge in [0.15, 0.2) is 0 Å². The molecule has 2 rings (SSSR count). The zero-order valence-corrected chi connectivity index (χ0v) is 12.6. The lowest BCUT2D eigenvalue weighted by Crippen LogP contribution is -2.07. The zero-order chi connectivity index (χ0) is 14.5. The molecule has 1 heterocycles. The molecule has 4 nitrogen and oxygen atoms in total. The number of nitrogens with one attached hydrogen (secondary N) is 1. The Balaban J connectivity index is 2.04. The average Bonchev–Trinajstić information content (AvgIpc) is 2.83. The Morgan fingerprint density at radius 2 is 2.20 bits per heavy atom. The lowest BCUT2D eigenvalue weighted by Gasteiger charge is -2.10. The highest BCUT2D eigenvalue weighted by molar-refractivity contribution is 7.16. The normalized spacial score (nSPS) is 10.3. The van der Waals surface area contributed by atoms with Crippen molar-refractivity contribution in [2.45, 2.75) is 13.5 Å². The first-order valence-corrected chi connectivity index (χ1v) is 7.34. The minimum Gasteiger partial charge on any atom is -0.462 e. The van der Waals surface area contributed by atoms with Crippen LogP contribution in [0.25, 0.3) is 0 Å². The Hall–Kier alpha value is -1.72. The smallest absolute Gasteiger partial charge is 0.338 e. The first-order valence-electron chi connectivity index (χ1n) is 6.15. The van der Waals surface area contributed by atoms with E-state index in [9.17, 15) is 4.79 Å². The third-order valence-electron chi connectivity index (χ3n) is 2.64. The van der Waals surface area contributed by atoms with Crippen LogP contribution in [0, 0.1) is 0 Å². The van der Waals surface area contributed by atoms with Gasteiger partial charge in [-0.3, -0.25) is 0 Å². The molecule has 0 saturated heterocycles. The summed E-state index contributed by atoms with van der Waals surface area (Å²) in [7, 11) is 0. The zero-order valence-electron chi connectivity index (χ0n) is 11.0.